The van der Waals surface area contributed by atoms with Crippen molar-refractivity contribution in [3.05, 3.63) is 35.6 Å². The first-order chi connectivity index (χ1) is 10.1. The summed E-state index contributed by atoms with van der Waals surface area (Å²) in [6.45, 7) is 5.37. The summed E-state index contributed by atoms with van der Waals surface area (Å²) in [5.74, 6) is -0.471. The predicted molar refractivity (Wildman–Crippen MR) is 95.4 cm³/mol. The molecule has 1 aliphatic rings. The Morgan fingerprint density at radius 3 is 2.35 bits per heavy atom. The van der Waals surface area contributed by atoms with E-state index in [9.17, 15) is 12.8 Å². The highest BCUT2D eigenvalue weighted by molar-refractivity contribution is 7.88. The molecule has 0 aromatic heterocycles. The summed E-state index contributed by atoms with van der Waals surface area (Å²) < 4.78 is 39.2. The Hall–Kier alpha value is -0.440. The highest BCUT2D eigenvalue weighted by Crippen LogP contribution is 2.06. The van der Waals surface area contributed by atoms with Gasteiger partial charge in [0.15, 0.2) is 0 Å². The minimum absolute atomic E-state index is 0. The van der Waals surface area contributed by atoms with Crippen LogP contribution in [-0.2, 0) is 15.8 Å². The van der Waals surface area contributed by atoms with E-state index < -0.39 is 10.0 Å². The summed E-state index contributed by atoms with van der Waals surface area (Å²) in [4.78, 5) is 2.32. The van der Waals surface area contributed by atoms with Gasteiger partial charge in [0.05, 0.1) is 5.75 Å². The van der Waals surface area contributed by atoms with Crippen molar-refractivity contribution in [3.8, 4) is 0 Å². The quantitative estimate of drug-likeness (QED) is 0.693. The Morgan fingerprint density at radius 1 is 1.13 bits per heavy atom. The predicted octanol–water partition coefficient (Wildman–Crippen LogP) is 1.38. The minimum atomic E-state index is -3.35. The van der Waals surface area contributed by atoms with Crippen molar-refractivity contribution in [3.63, 3.8) is 0 Å². The van der Waals surface area contributed by atoms with Crippen LogP contribution in [0.3, 0.4) is 0 Å². The second-order valence-electron chi connectivity index (χ2n) is 5.23. The highest BCUT2D eigenvalue weighted by Gasteiger charge is 2.12. The van der Waals surface area contributed by atoms with Gasteiger partial charge in [0.2, 0.25) is 10.0 Å². The average Bonchev–Trinajstić information content (AvgIpc) is 2.47. The average molecular weight is 388 g/mol. The second-order valence-corrected chi connectivity index (χ2v) is 7.03. The molecule has 1 aromatic rings. The van der Waals surface area contributed by atoms with Crippen molar-refractivity contribution < 1.29 is 12.8 Å². The molecule has 1 fully saturated rings. The van der Waals surface area contributed by atoms with Crippen molar-refractivity contribution in [1.82, 2.24) is 14.9 Å². The number of sulfonamides is 1. The van der Waals surface area contributed by atoms with Gasteiger partial charge in [-0.25, -0.2) is 17.5 Å². The van der Waals surface area contributed by atoms with E-state index in [1.807, 2.05) is 0 Å². The largest absolute Gasteiger partial charge is 0.314 e. The van der Waals surface area contributed by atoms with E-state index in [0.29, 0.717) is 12.1 Å². The zero-order valence-electron chi connectivity index (χ0n) is 12.8. The third kappa shape index (κ3) is 8.83. The van der Waals surface area contributed by atoms with Crippen molar-refractivity contribution >= 4 is 34.8 Å². The van der Waals surface area contributed by atoms with E-state index in [4.69, 9.17) is 0 Å². The molecule has 1 saturated heterocycles. The summed E-state index contributed by atoms with van der Waals surface area (Å²) in [5, 5.41) is 3.28. The van der Waals surface area contributed by atoms with Gasteiger partial charge in [-0.3, -0.25) is 0 Å². The summed E-state index contributed by atoms with van der Waals surface area (Å²) in [5.41, 5.74) is 0.589. The molecule has 0 spiro atoms. The van der Waals surface area contributed by atoms with Crippen LogP contribution in [0.25, 0.3) is 0 Å². The SMILES string of the molecule is Cl.Cl.O=S(=O)(Cc1ccc(F)cc1)NCCCN1CCNCC1. The Labute approximate surface area is 149 Å². The fourth-order valence-corrected chi connectivity index (χ4v) is 3.50. The number of benzene rings is 1. The topological polar surface area (TPSA) is 61.4 Å². The molecule has 5 nitrogen and oxygen atoms in total. The molecular weight excluding hydrogens is 364 g/mol. The van der Waals surface area contributed by atoms with Crippen LogP contribution in [-0.4, -0.2) is 52.6 Å². The molecule has 0 amide bonds. The van der Waals surface area contributed by atoms with Gasteiger partial charge in [-0.1, -0.05) is 12.1 Å². The Bertz CT molecular complexity index is 537. The lowest BCUT2D eigenvalue weighted by molar-refractivity contribution is 0.239. The molecule has 0 unspecified atom stereocenters. The maximum absolute atomic E-state index is 12.8. The number of hydrogen-bond donors (Lipinski definition) is 2. The lowest BCUT2D eigenvalue weighted by atomic mass is 10.2. The van der Waals surface area contributed by atoms with Crippen LogP contribution in [0, 0.1) is 5.82 Å². The van der Waals surface area contributed by atoms with E-state index in [2.05, 4.69) is 14.9 Å². The number of rotatable bonds is 7. The van der Waals surface area contributed by atoms with Crippen LogP contribution in [0.2, 0.25) is 0 Å². The van der Waals surface area contributed by atoms with Gasteiger partial charge in [-0.2, -0.15) is 0 Å². The van der Waals surface area contributed by atoms with Crippen molar-refractivity contribution in [2.75, 3.05) is 39.3 Å². The smallest absolute Gasteiger partial charge is 0.215 e. The molecule has 0 radical (unpaired) electrons. The van der Waals surface area contributed by atoms with Gasteiger partial charge in [-0.05, 0) is 30.7 Å². The maximum atomic E-state index is 12.8. The molecule has 1 aromatic carbocycles. The van der Waals surface area contributed by atoms with Crippen LogP contribution < -0.4 is 10.0 Å². The molecule has 2 N–H and O–H groups in total. The zero-order chi connectivity index (χ0) is 15.1. The first kappa shape index (κ1) is 22.6. The number of hydrogen-bond acceptors (Lipinski definition) is 4. The molecule has 0 atom stereocenters. The van der Waals surface area contributed by atoms with Crippen LogP contribution in [0.5, 0.6) is 0 Å². The molecule has 1 heterocycles. The van der Waals surface area contributed by atoms with E-state index in [0.717, 1.165) is 39.1 Å². The normalized spacial score (nSPS) is 15.5. The van der Waals surface area contributed by atoms with E-state index in [1.54, 1.807) is 0 Å². The van der Waals surface area contributed by atoms with Gasteiger partial charge in [0, 0.05) is 32.7 Å². The molecule has 0 bridgehead atoms. The van der Waals surface area contributed by atoms with Crippen LogP contribution in [0.1, 0.15) is 12.0 Å². The van der Waals surface area contributed by atoms with Crippen molar-refractivity contribution in [1.29, 1.82) is 0 Å². The fraction of sp³-hybridized carbons (Fsp3) is 0.571. The minimum Gasteiger partial charge on any atom is -0.314 e. The third-order valence-corrected chi connectivity index (χ3v) is 4.81. The monoisotopic (exact) mass is 387 g/mol. The summed E-state index contributed by atoms with van der Waals surface area (Å²) >= 11 is 0. The van der Waals surface area contributed by atoms with Crippen LogP contribution in [0.4, 0.5) is 4.39 Å². The van der Waals surface area contributed by atoms with E-state index in [1.165, 1.54) is 24.3 Å². The maximum Gasteiger partial charge on any atom is 0.215 e. The standard InChI is InChI=1S/C14H22FN3O2S.2ClH/c15-14-4-2-13(3-5-14)12-21(19,20)17-6-1-9-18-10-7-16-8-11-18;;/h2-5,16-17H,1,6-12H2;2*1H. The second kappa shape index (κ2) is 11.2. The molecular formula is C14H24Cl2FN3O2S. The van der Waals surface area contributed by atoms with Crippen molar-refractivity contribution in [2.24, 2.45) is 0 Å². The highest BCUT2D eigenvalue weighted by atomic mass is 35.5. The summed E-state index contributed by atoms with van der Waals surface area (Å²) in [7, 11) is -3.35. The van der Waals surface area contributed by atoms with Crippen LogP contribution in [0.15, 0.2) is 24.3 Å². The van der Waals surface area contributed by atoms with Crippen molar-refractivity contribution in [2.45, 2.75) is 12.2 Å². The number of nitrogens with one attached hydrogen (secondary N) is 2. The molecule has 0 saturated carbocycles. The van der Waals surface area contributed by atoms with Gasteiger partial charge in [0.25, 0.3) is 0 Å². The van der Waals surface area contributed by atoms with E-state index >= 15 is 0 Å². The first-order valence-electron chi connectivity index (χ1n) is 7.20. The van der Waals surface area contributed by atoms with Gasteiger partial charge in [0.1, 0.15) is 5.82 Å². The number of piperazine rings is 1. The molecule has 1 aliphatic heterocycles. The first-order valence-corrected chi connectivity index (χ1v) is 8.85. The molecule has 0 aliphatic carbocycles. The lowest BCUT2D eigenvalue weighted by Crippen LogP contribution is -2.44. The van der Waals surface area contributed by atoms with Crippen LogP contribution >= 0.6 is 24.8 Å². The lowest BCUT2D eigenvalue weighted by Gasteiger charge is -2.27. The Kier molecular flexibility index (Phi) is 11.0. The molecule has 23 heavy (non-hydrogen) atoms. The third-order valence-electron chi connectivity index (χ3n) is 3.45. The van der Waals surface area contributed by atoms with Gasteiger partial charge in [-0.15, -0.1) is 24.8 Å². The number of nitrogens with zero attached hydrogens (tertiary/aromatic N) is 1. The molecule has 134 valence electrons. The van der Waals surface area contributed by atoms with Gasteiger partial charge < -0.3 is 10.2 Å². The molecule has 9 heteroatoms. The number of halogens is 3. The Morgan fingerprint density at radius 2 is 1.74 bits per heavy atom. The van der Waals surface area contributed by atoms with E-state index in [-0.39, 0.29) is 36.4 Å². The molecule has 2 rings (SSSR count). The zero-order valence-corrected chi connectivity index (χ0v) is 15.3. The summed E-state index contributed by atoms with van der Waals surface area (Å²) in [6, 6.07) is 5.54. The van der Waals surface area contributed by atoms with Gasteiger partial charge >= 0.3 is 0 Å². The fourth-order valence-electron chi connectivity index (χ4n) is 2.32. The summed E-state index contributed by atoms with van der Waals surface area (Å²) in [6.07, 6.45) is 0.794. The Balaban J connectivity index is 0.00000242.